The Kier molecular flexibility index (Phi) is 4.59. The minimum Gasteiger partial charge on any atom is -0.353 e. The highest BCUT2D eigenvalue weighted by atomic mass is 16.2. The predicted molar refractivity (Wildman–Crippen MR) is 85.0 cm³/mol. The molecule has 1 saturated heterocycles. The summed E-state index contributed by atoms with van der Waals surface area (Å²) >= 11 is 0. The molecule has 3 heteroatoms. The first-order valence-corrected chi connectivity index (χ1v) is 8.29. The largest absolute Gasteiger partial charge is 0.353 e. The second-order valence-corrected chi connectivity index (χ2v) is 6.68. The summed E-state index contributed by atoms with van der Waals surface area (Å²) in [4.78, 5) is 14.5. The molecule has 0 bridgehead atoms. The summed E-state index contributed by atoms with van der Waals surface area (Å²) in [7, 11) is 0. The van der Waals surface area contributed by atoms with Gasteiger partial charge in [-0.1, -0.05) is 36.2 Å². The molecule has 0 radical (unpaired) electrons. The first-order chi connectivity index (χ1) is 10.2. The van der Waals surface area contributed by atoms with Crippen LogP contribution in [0.25, 0.3) is 0 Å². The van der Waals surface area contributed by atoms with Crippen LogP contribution in [0.3, 0.4) is 0 Å². The Morgan fingerprint density at radius 2 is 2.00 bits per heavy atom. The number of amides is 1. The fourth-order valence-electron chi connectivity index (χ4n) is 3.29. The molecule has 21 heavy (non-hydrogen) atoms. The summed E-state index contributed by atoms with van der Waals surface area (Å²) in [5.74, 6) is 0.619. The van der Waals surface area contributed by atoms with Crippen LogP contribution in [0.5, 0.6) is 0 Å². The lowest BCUT2D eigenvalue weighted by atomic mass is 9.84. The van der Waals surface area contributed by atoms with Crippen molar-refractivity contribution in [3.63, 3.8) is 0 Å². The van der Waals surface area contributed by atoms with Gasteiger partial charge >= 0.3 is 0 Å². The average molecular weight is 286 g/mol. The second-order valence-electron chi connectivity index (χ2n) is 6.68. The third kappa shape index (κ3) is 3.85. The van der Waals surface area contributed by atoms with Gasteiger partial charge in [-0.25, -0.2) is 0 Å². The van der Waals surface area contributed by atoms with E-state index in [1.54, 1.807) is 0 Å². The van der Waals surface area contributed by atoms with Crippen molar-refractivity contribution >= 4 is 5.91 Å². The van der Waals surface area contributed by atoms with Crippen LogP contribution in [-0.4, -0.2) is 29.9 Å². The Labute approximate surface area is 127 Å². The van der Waals surface area contributed by atoms with E-state index in [1.165, 1.54) is 17.5 Å². The van der Waals surface area contributed by atoms with Crippen molar-refractivity contribution in [1.29, 1.82) is 0 Å². The third-order valence-electron chi connectivity index (χ3n) is 4.90. The SMILES string of the molecule is Cc1cccc(CN2CCC(NC(=O)C3CCC3)CC2)c1. The number of benzene rings is 1. The molecule has 0 unspecified atom stereocenters. The van der Waals surface area contributed by atoms with Gasteiger partial charge in [-0.2, -0.15) is 0 Å². The molecule has 3 rings (SSSR count). The van der Waals surface area contributed by atoms with Crippen LogP contribution in [0.2, 0.25) is 0 Å². The van der Waals surface area contributed by atoms with Crippen molar-refractivity contribution < 1.29 is 4.79 Å². The molecule has 0 atom stereocenters. The summed E-state index contributed by atoms with van der Waals surface area (Å²) in [6, 6.07) is 9.15. The molecule has 1 saturated carbocycles. The van der Waals surface area contributed by atoms with Crippen molar-refractivity contribution in [1.82, 2.24) is 10.2 Å². The number of likely N-dealkylation sites (tertiary alicyclic amines) is 1. The normalized spacial score (nSPS) is 21.0. The minimum atomic E-state index is 0.304. The van der Waals surface area contributed by atoms with Gasteiger partial charge in [-0.15, -0.1) is 0 Å². The highest BCUT2D eigenvalue weighted by Crippen LogP contribution is 2.26. The molecule has 1 heterocycles. The molecular weight excluding hydrogens is 260 g/mol. The Morgan fingerprint density at radius 3 is 2.62 bits per heavy atom. The van der Waals surface area contributed by atoms with E-state index in [1.807, 2.05) is 0 Å². The Balaban J connectivity index is 1.43. The van der Waals surface area contributed by atoms with Crippen molar-refractivity contribution in [2.24, 2.45) is 5.92 Å². The van der Waals surface area contributed by atoms with E-state index in [2.05, 4.69) is 41.4 Å². The van der Waals surface area contributed by atoms with E-state index < -0.39 is 0 Å². The summed E-state index contributed by atoms with van der Waals surface area (Å²) in [5, 5.41) is 3.25. The molecule has 1 aliphatic heterocycles. The molecule has 1 aromatic carbocycles. The molecule has 1 aliphatic carbocycles. The zero-order chi connectivity index (χ0) is 14.7. The van der Waals surface area contributed by atoms with Gasteiger partial charge in [0.1, 0.15) is 0 Å². The smallest absolute Gasteiger partial charge is 0.223 e. The van der Waals surface area contributed by atoms with Crippen LogP contribution < -0.4 is 5.32 Å². The molecular formula is C18H26N2O. The van der Waals surface area contributed by atoms with Gasteiger partial charge in [-0.3, -0.25) is 9.69 Å². The first kappa shape index (κ1) is 14.6. The molecule has 1 N–H and O–H groups in total. The van der Waals surface area contributed by atoms with Gasteiger partial charge in [0, 0.05) is 31.6 Å². The van der Waals surface area contributed by atoms with E-state index in [0.29, 0.717) is 17.9 Å². The van der Waals surface area contributed by atoms with E-state index in [0.717, 1.165) is 45.3 Å². The maximum atomic E-state index is 12.0. The summed E-state index contributed by atoms with van der Waals surface area (Å²) in [6.07, 6.45) is 5.59. The molecule has 3 nitrogen and oxygen atoms in total. The van der Waals surface area contributed by atoms with Crippen LogP contribution in [0, 0.1) is 12.8 Å². The van der Waals surface area contributed by atoms with E-state index >= 15 is 0 Å². The van der Waals surface area contributed by atoms with E-state index in [9.17, 15) is 4.79 Å². The second kappa shape index (κ2) is 6.61. The first-order valence-electron chi connectivity index (χ1n) is 8.29. The van der Waals surface area contributed by atoms with Gasteiger partial charge < -0.3 is 5.32 Å². The van der Waals surface area contributed by atoms with E-state index in [4.69, 9.17) is 0 Å². The summed E-state index contributed by atoms with van der Waals surface area (Å²) < 4.78 is 0. The minimum absolute atomic E-state index is 0.304. The number of aryl methyl sites for hydroxylation is 1. The summed E-state index contributed by atoms with van der Waals surface area (Å²) in [6.45, 7) is 5.35. The maximum Gasteiger partial charge on any atom is 0.223 e. The van der Waals surface area contributed by atoms with Gasteiger partial charge in [0.2, 0.25) is 5.91 Å². The van der Waals surface area contributed by atoms with Crippen molar-refractivity contribution in [3.05, 3.63) is 35.4 Å². The standard InChI is InChI=1S/C18H26N2O/c1-14-4-2-5-15(12-14)13-20-10-8-17(9-11-20)19-18(21)16-6-3-7-16/h2,4-5,12,16-17H,3,6-11,13H2,1H3,(H,19,21). The number of carbonyl (C=O) groups is 1. The average Bonchev–Trinajstić information content (AvgIpc) is 2.39. The van der Waals surface area contributed by atoms with Crippen molar-refractivity contribution in [3.8, 4) is 0 Å². The van der Waals surface area contributed by atoms with Crippen molar-refractivity contribution in [2.45, 2.75) is 51.6 Å². The van der Waals surface area contributed by atoms with Crippen LogP contribution in [0.1, 0.15) is 43.2 Å². The van der Waals surface area contributed by atoms with Gasteiger partial charge in [-0.05, 0) is 38.2 Å². The lowest BCUT2D eigenvalue weighted by molar-refractivity contribution is -0.128. The highest BCUT2D eigenvalue weighted by molar-refractivity contribution is 5.79. The van der Waals surface area contributed by atoms with Crippen molar-refractivity contribution in [2.75, 3.05) is 13.1 Å². The molecule has 1 aromatic rings. The van der Waals surface area contributed by atoms with Crippen LogP contribution in [0.15, 0.2) is 24.3 Å². The number of carbonyl (C=O) groups excluding carboxylic acids is 1. The zero-order valence-corrected chi connectivity index (χ0v) is 13.0. The van der Waals surface area contributed by atoms with Crippen LogP contribution in [0.4, 0.5) is 0 Å². The monoisotopic (exact) mass is 286 g/mol. The number of nitrogens with zero attached hydrogens (tertiary/aromatic N) is 1. The topological polar surface area (TPSA) is 32.3 Å². The molecule has 0 aromatic heterocycles. The number of hydrogen-bond donors (Lipinski definition) is 1. The Hall–Kier alpha value is -1.35. The zero-order valence-electron chi connectivity index (χ0n) is 13.0. The fraction of sp³-hybridized carbons (Fsp3) is 0.611. The third-order valence-corrected chi connectivity index (χ3v) is 4.90. The number of nitrogens with one attached hydrogen (secondary N) is 1. The molecule has 2 fully saturated rings. The summed E-state index contributed by atoms with van der Waals surface area (Å²) in [5.41, 5.74) is 2.72. The fourth-order valence-corrected chi connectivity index (χ4v) is 3.29. The Bertz CT molecular complexity index is 488. The maximum absolute atomic E-state index is 12.0. The number of rotatable bonds is 4. The van der Waals surface area contributed by atoms with Crippen LogP contribution >= 0.6 is 0 Å². The van der Waals surface area contributed by atoms with E-state index in [-0.39, 0.29) is 0 Å². The predicted octanol–water partition coefficient (Wildman–Crippen LogP) is 2.88. The van der Waals surface area contributed by atoms with Gasteiger partial charge in [0.25, 0.3) is 0 Å². The number of hydrogen-bond acceptors (Lipinski definition) is 2. The lowest BCUT2D eigenvalue weighted by Gasteiger charge is -2.34. The van der Waals surface area contributed by atoms with Gasteiger partial charge in [0.05, 0.1) is 0 Å². The molecule has 2 aliphatic rings. The van der Waals surface area contributed by atoms with Gasteiger partial charge in [0.15, 0.2) is 0 Å². The van der Waals surface area contributed by atoms with Crippen LogP contribution in [-0.2, 0) is 11.3 Å². The Morgan fingerprint density at radius 1 is 1.24 bits per heavy atom. The lowest BCUT2D eigenvalue weighted by Crippen LogP contribution is -2.47. The number of piperidine rings is 1. The highest BCUT2D eigenvalue weighted by Gasteiger charge is 2.28. The molecule has 1 amide bonds. The molecule has 0 spiro atoms. The molecule has 114 valence electrons. The quantitative estimate of drug-likeness (QED) is 0.923.